The molecule has 120 valence electrons. The first kappa shape index (κ1) is 15.9. The Morgan fingerprint density at radius 1 is 1.23 bits per heavy atom. The molecule has 1 fully saturated rings. The second-order valence-electron chi connectivity index (χ2n) is 5.17. The molecule has 1 saturated heterocycles. The van der Waals surface area contributed by atoms with Crippen molar-refractivity contribution in [1.29, 1.82) is 0 Å². The predicted molar refractivity (Wildman–Crippen MR) is 82.8 cm³/mol. The first-order valence-corrected chi connectivity index (χ1v) is 7.12. The number of nitrogens with zero attached hydrogens (tertiary/aromatic N) is 1. The van der Waals surface area contributed by atoms with Crippen LogP contribution in [0.5, 0.6) is 0 Å². The van der Waals surface area contributed by atoms with Gasteiger partial charge >= 0.3 is 12.1 Å². The van der Waals surface area contributed by atoms with Gasteiger partial charge in [-0.2, -0.15) is 0 Å². The molecule has 0 saturated carbocycles. The molecular weight excluding hydrogens is 286 g/mol. The zero-order valence-electron chi connectivity index (χ0n) is 12.8. The third-order valence-corrected chi connectivity index (χ3v) is 3.76. The van der Waals surface area contributed by atoms with E-state index in [0.29, 0.717) is 24.3 Å². The van der Waals surface area contributed by atoms with Gasteiger partial charge in [0.1, 0.15) is 0 Å². The van der Waals surface area contributed by atoms with Crippen LogP contribution in [0.15, 0.2) is 18.2 Å². The van der Waals surface area contributed by atoms with Crippen LogP contribution in [-0.2, 0) is 9.47 Å². The molecule has 7 nitrogen and oxygen atoms in total. The molecule has 3 N–H and O–H groups in total. The lowest BCUT2D eigenvalue weighted by atomic mass is 10.0. The third kappa shape index (κ3) is 3.60. The van der Waals surface area contributed by atoms with Crippen LogP contribution >= 0.6 is 0 Å². The highest BCUT2D eigenvalue weighted by molar-refractivity contribution is 5.91. The average Bonchev–Trinajstić information content (AvgIpc) is 2.55. The number of nitrogens with one attached hydrogen (secondary N) is 1. The van der Waals surface area contributed by atoms with Crippen LogP contribution in [0.25, 0.3) is 0 Å². The minimum absolute atomic E-state index is 0.229. The predicted octanol–water partition coefficient (Wildman–Crippen LogP) is 1.70. The highest BCUT2D eigenvalue weighted by Gasteiger charge is 2.23. The van der Waals surface area contributed by atoms with E-state index in [4.69, 9.17) is 10.5 Å². The van der Waals surface area contributed by atoms with E-state index < -0.39 is 5.97 Å². The molecule has 1 aromatic rings. The number of amides is 1. The average molecular weight is 307 g/mol. The Morgan fingerprint density at radius 2 is 1.91 bits per heavy atom. The summed E-state index contributed by atoms with van der Waals surface area (Å²) in [6.07, 6.45) is 1.33. The van der Waals surface area contributed by atoms with Gasteiger partial charge in [-0.3, -0.25) is 0 Å². The first-order valence-electron chi connectivity index (χ1n) is 7.12. The Kier molecular flexibility index (Phi) is 5.08. The molecule has 0 aliphatic carbocycles. The van der Waals surface area contributed by atoms with Crippen molar-refractivity contribution in [3.05, 3.63) is 23.8 Å². The second-order valence-corrected chi connectivity index (χ2v) is 5.17. The van der Waals surface area contributed by atoms with E-state index in [0.717, 1.165) is 18.5 Å². The summed E-state index contributed by atoms with van der Waals surface area (Å²) in [5.41, 5.74) is 7.68. The smallest absolute Gasteiger partial charge is 0.409 e. The molecule has 0 aromatic heterocycles. The van der Waals surface area contributed by atoms with Crippen molar-refractivity contribution in [3.63, 3.8) is 0 Å². The van der Waals surface area contributed by atoms with Crippen molar-refractivity contribution in [3.8, 4) is 0 Å². The number of nitrogens with two attached hydrogens (primary N) is 1. The van der Waals surface area contributed by atoms with E-state index in [1.165, 1.54) is 14.2 Å². The number of hydrogen-bond donors (Lipinski definition) is 2. The van der Waals surface area contributed by atoms with Crippen LogP contribution in [0.2, 0.25) is 0 Å². The van der Waals surface area contributed by atoms with Gasteiger partial charge in [0.15, 0.2) is 0 Å². The Labute approximate surface area is 129 Å². The lowest BCUT2D eigenvalue weighted by molar-refractivity contribution is 0.0600. The highest BCUT2D eigenvalue weighted by atomic mass is 16.5. The highest BCUT2D eigenvalue weighted by Crippen LogP contribution is 2.24. The van der Waals surface area contributed by atoms with E-state index in [9.17, 15) is 9.59 Å². The number of benzene rings is 1. The number of ether oxygens (including phenoxy) is 2. The molecule has 7 heteroatoms. The largest absolute Gasteiger partial charge is 0.465 e. The monoisotopic (exact) mass is 307 g/mol. The number of methoxy groups -OCH3 is 2. The Balaban J connectivity index is 1.95. The molecule has 0 bridgehead atoms. The maximum absolute atomic E-state index is 11.4. The molecule has 22 heavy (non-hydrogen) atoms. The second kappa shape index (κ2) is 7.02. The van der Waals surface area contributed by atoms with Gasteiger partial charge in [0, 0.05) is 19.1 Å². The topological polar surface area (TPSA) is 93.9 Å². The quantitative estimate of drug-likeness (QED) is 0.652. The van der Waals surface area contributed by atoms with Gasteiger partial charge in [0.05, 0.1) is 31.2 Å². The van der Waals surface area contributed by atoms with Crippen molar-refractivity contribution < 1.29 is 19.1 Å². The van der Waals surface area contributed by atoms with Gasteiger partial charge in [-0.25, -0.2) is 9.59 Å². The van der Waals surface area contributed by atoms with Gasteiger partial charge in [-0.05, 0) is 31.0 Å². The maximum Gasteiger partial charge on any atom is 0.409 e. The molecule has 0 radical (unpaired) electrons. The summed E-state index contributed by atoms with van der Waals surface area (Å²) in [7, 11) is 2.72. The number of rotatable bonds is 3. The number of anilines is 2. The molecule has 0 unspecified atom stereocenters. The number of carbonyl (C=O) groups excluding carboxylic acids is 2. The summed E-state index contributed by atoms with van der Waals surface area (Å²) in [5, 5.41) is 3.35. The number of hydrogen-bond acceptors (Lipinski definition) is 6. The minimum atomic E-state index is -0.412. The molecular formula is C15H21N3O4. The fraction of sp³-hybridized carbons (Fsp3) is 0.467. The van der Waals surface area contributed by atoms with E-state index in [-0.39, 0.29) is 12.1 Å². The van der Waals surface area contributed by atoms with Crippen LogP contribution in [0.4, 0.5) is 16.2 Å². The normalized spacial score (nSPS) is 15.3. The lowest BCUT2D eigenvalue weighted by Crippen LogP contribution is -2.42. The Morgan fingerprint density at radius 3 is 2.45 bits per heavy atom. The standard InChI is InChI=1S/C15H21N3O4/c1-21-14(19)10-3-4-13(12(16)9-10)17-11-5-7-18(8-6-11)15(20)22-2/h3-4,9,11,17H,5-8,16H2,1-2H3. The van der Waals surface area contributed by atoms with E-state index in [2.05, 4.69) is 10.1 Å². The van der Waals surface area contributed by atoms with E-state index >= 15 is 0 Å². The molecule has 1 aromatic carbocycles. The van der Waals surface area contributed by atoms with Crippen molar-refractivity contribution in [2.45, 2.75) is 18.9 Å². The summed E-state index contributed by atoms with van der Waals surface area (Å²) in [4.78, 5) is 24.6. The number of esters is 1. The number of likely N-dealkylation sites (tertiary alicyclic amines) is 1. The van der Waals surface area contributed by atoms with Crippen molar-refractivity contribution in [2.75, 3.05) is 38.4 Å². The number of piperidine rings is 1. The zero-order valence-corrected chi connectivity index (χ0v) is 12.8. The third-order valence-electron chi connectivity index (χ3n) is 3.76. The van der Waals surface area contributed by atoms with Crippen LogP contribution in [0.1, 0.15) is 23.2 Å². The maximum atomic E-state index is 11.4. The molecule has 0 spiro atoms. The fourth-order valence-electron chi connectivity index (χ4n) is 2.49. The molecule has 0 atom stereocenters. The zero-order chi connectivity index (χ0) is 16.1. The SMILES string of the molecule is COC(=O)c1ccc(NC2CCN(C(=O)OC)CC2)c(N)c1. The van der Waals surface area contributed by atoms with E-state index in [1.807, 2.05) is 0 Å². The van der Waals surface area contributed by atoms with Crippen LogP contribution < -0.4 is 11.1 Å². The van der Waals surface area contributed by atoms with Crippen molar-refractivity contribution >= 4 is 23.4 Å². The van der Waals surface area contributed by atoms with Gasteiger partial charge in [0.2, 0.25) is 0 Å². The molecule has 2 rings (SSSR count). The number of carbonyl (C=O) groups is 2. The molecule has 1 aliphatic heterocycles. The molecule has 1 amide bonds. The molecule has 1 heterocycles. The van der Waals surface area contributed by atoms with E-state index in [1.54, 1.807) is 23.1 Å². The Bertz CT molecular complexity index is 554. The summed E-state index contributed by atoms with van der Waals surface area (Å²) in [5.74, 6) is -0.412. The van der Waals surface area contributed by atoms with Crippen LogP contribution in [0.3, 0.4) is 0 Å². The van der Waals surface area contributed by atoms with Crippen molar-refractivity contribution in [2.24, 2.45) is 0 Å². The van der Waals surface area contributed by atoms with Crippen LogP contribution in [0, 0.1) is 0 Å². The van der Waals surface area contributed by atoms with Crippen molar-refractivity contribution in [1.82, 2.24) is 4.90 Å². The summed E-state index contributed by atoms with van der Waals surface area (Å²) in [6, 6.07) is 5.27. The summed E-state index contributed by atoms with van der Waals surface area (Å²) < 4.78 is 9.37. The lowest BCUT2D eigenvalue weighted by Gasteiger charge is -2.32. The Hall–Kier alpha value is -2.44. The summed E-state index contributed by atoms with van der Waals surface area (Å²) >= 11 is 0. The first-order chi connectivity index (χ1) is 10.5. The van der Waals surface area contributed by atoms with Gasteiger partial charge in [0.25, 0.3) is 0 Å². The number of nitrogen functional groups attached to an aromatic ring is 1. The van der Waals surface area contributed by atoms with Gasteiger partial charge in [-0.1, -0.05) is 0 Å². The van der Waals surface area contributed by atoms with Crippen LogP contribution in [-0.4, -0.2) is 50.3 Å². The molecule has 1 aliphatic rings. The fourth-order valence-corrected chi connectivity index (χ4v) is 2.49. The van der Waals surface area contributed by atoms with Gasteiger partial charge < -0.3 is 25.4 Å². The summed E-state index contributed by atoms with van der Waals surface area (Å²) in [6.45, 7) is 1.29. The van der Waals surface area contributed by atoms with Gasteiger partial charge in [-0.15, -0.1) is 0 Å². The minimum Gasteiger partial charge on any atom is -0.465 e.